The van der Waals surface area contributed by atoms with Crippen LogP contribution in [0.3, 0.4) is 0 Å². The molecule has 0 saturated heterocycles. The largest absolute Gasteiger partial charge is 0.397 e. The maximum Gasteiger partial charge on any atom is 0.170 e. The Hall–Kier alpha value is -1.30. The molecule has 3 rings (SSSR count). The van der Waals surface area contributed by atoms with Crippen molar-refractivity contribution in [3.05, 3.63) is 45.0 Å². The molecule has 1 aromatic carbocycles. The zero-order chi connectivity index (χ0) is 13.6. The molecule has 0 amide bonds. The lowest BCUT2D eigenvalue weighted by atomic mass is 10.1. The molecule has 7 heteroatoms. The van der Waals surface area contributed by atoms with Gasteiger partial charge in [0.2, 0.25) is 0 Å². The second-order valence-corrected chi connectivity index (χ2v) is 5.71. The highest BCUT2D eigenvalue weighted by atomic mass is 79.9. The SMILES string of the molecule is Nc1c(Cl)cc(Cl)cc1-c1nnc2ccc(Br)cn12. The molecule has 0 unspecified atom stereocenters. The summed E-state index contributed by atoms with van der Waals surface area (Å²) >= 11 is 15.5. The summed E-state index contributed by atoms with van der Waals surface area (Å²) < 4.78 is 2.73. The minimum atomic E-state index is 0.397. The highest BCUT2D eigenvalue weighted by Crippen LogP contribution is 2.34. The lowest BCUT2D eigenvalue weighted by Gasteiger charge is -2.07. The van der Waals surface area contributed by atoms with Crippen LogP contribution >= 0.6 is 39.1 Å². The van der Waals surface area contributed by atoms with E-state index in [1.165, 1.54) is 0 Å². The van der Waals surface area contributed by atoms with E-state index in [2.05, 4.69) is 26.1 Å². The Bertz CT molecular complexity index is 785. The van der Waals surface area contributed by atoms with Gasteiger partial charge in [0.1, 0.15) is 0 Å². The summed E-state index contributed by atoms with van der Waals surface area (Å²) in [6.07, 6.45) is 1.86. The number of aromatic nitrogens is 3. The van der Waals surface area contributed by atoms with Crippen molar-refractivity contribution in [2.45, 2.75) is 0 Å². The molecule has 0 aliphatic heterocycles. The van der Waals surface area contributed by atoms with Crippen molar-refractivity contribution in [1.29, 1.82) is 0 Å². The molecular formula is C12H7BrCl2N4. The van der Waals surface area contributed by atoms with Gasteiger partial charge < -0.3 is 5.73 Å². The van der Waals surface area contributed by atoms with Gasteiger partial charge >= 0.3 is 0 Å². The molecule has 0 radical (unpaired) electrons. The first-order valence-electron chi connectivity index (χ1n) is 5.31. The van der Waals surface area contributed by atoms with E-state index >= 15 is 0 Å². The van der Waals surface area contributed by atoms with Crippen LogP contribution in [-0.4, -0.2) is 14.6 Å². The molecule has 0 fully saturated rings. The smallest absolute Gasteiger partial charge is 0.170 e. The van der Waals surface area contributed by atoms with E-state index in [0.717, 1.165) is 4.47 Å². The third kappa shape index (κ3) is 2.18. The van der Waals surface area contributed by atoms with Gasteiger partial charge in [-0.2, -0.15) is 0 Å². The Morgan fingerprint density at radius 1 is 1.16 bits per heavy atom. The Labute approximate surface area is 127 Å². The van der Waals surface area contributed by atoms with Crippen LogP contribution in [0.5, 0.6) is 0 Å². The standard InChI is InChI=1S/C12H7BrCl2N4/c13-6-1-2-10-17-18-12(19(10)5-6)8-3-7(14)4-9(15)11(8)16/h1-5H,16H2. The van der Waals surface area contributed by atoms with E-state index in [9.17, 15) is 0 Å². The lowest BCUT2D eigenvalue weighted by Crippen LogP contribution is -1.96. The minimum absolute atomic E-state index is 0.397. The predicted molar refractivity (Wildman–Crippen MR) is 80.6 cm³/mol. The van der Waals surface area contributed by atoms with Crippen LogP contribution in [0.4, 0.5) is 5.69 Å². The molecular weight excluding hydrogens is 351 g/mol. The average molecular weight is 358 g/mol. The van der Waals surface area contributed by atoms with Gasteiger partial charge in [-0.25, -0.2) is 0 Å². The van der Waals surface area contributed by atoms with Crippen molar-refractivity contribution in [2.24, 2.45) is 0 Å². The summed E-state index contributed by atoms with van der Waals surface area (Å²) in [5.74, 6) is 0.596. The van der Waals surface area contributed by atoms with Gasteiger partial charge in [0.25, 0.3) is 0 Å². The summed E-state index contributed by atoms with van der Waals surface area (Å²) in [4.78, 5) is 0. The number of nitrogens with zero attached hydrogens (tertiary/aromatic N) is 3. The highest BCUT2D eigenvalue weighted by Gasteiger charge is 2.14. The van der Waals surface area contributed by atoms with E-state index in [1.807, 2.05) is 22.7 Å². The summed E-state index contributed by atoms with van der Waals surface area (Å²) in [7, 11) is 0. The van der Waals surface area contributed by atoms with Crippen molar-refractivity contribution in [3.8, 4) is 11.4 Å². The molecule has 0 atom stereocenters. The fourth-order valence-electron chi connectivity index (χ4n) is 1.82. The quantitative estimate of drug-likeness (QED) is 0.668. The molecule has 0 aliphatic carbocycles. The van der Waals surface area contributed by atoms with Crippen molar-refractivity contribution in [3.63, 3.8) is 0 Å². The molecule has 2 N–H and O–H groups in total. The molecule has 96 valence electrons. The Balaban J connectivity index is 2.33. The van der Waals surface area contributed by atoms with Gasteiger partial charge in [0, 0.05) is 21.3 Å². The van der Waals surface area contributed by atoms with E-state index in [-0.39, 0.29) is 0 Å². The number of halogens is 3. The summed E-state index contributed by atoms with van der Waals surface area (Å²) in [6.45, 7) is 0. The molecule has 3 aromatic rings. The van der Waals surface area contributed by atoms with Crippen LogP contribution in [0.2, 0.25) is 10.0 Å². The number of benzene rings is 1. The average Bonchev–Trinajstić information content (AvgIpc) is 2.76. The van der Waals surface area contributed by atoms with Crippen molar-refractivity contribution in [1.82, 2.24) is 14.6 Å². The number of rotatable bonds is 1. The number of nitrogen functional groups attached to an aromatic ring is 1. The van der Waals surface area contributed by atoms with Gasteiger partial charge in [-0.3, -0.25) is 4.40 Å². The lowest BCUT2D eigenvalue weighted by molar-refractivity contribution is 1.11. The van der Waals surface area contributed by atoms with Gasteiger partial charge in [-0.15, -0.1) is 10.2 Å². The molecule has 0 saturated carbocycles. The second-order valence-electron chi connectivity index (χ2n) is 3.95. The molecule has 0 aliphatic rings. The normalized spacial score (nSPS) is 11.1. The first kappa shape index (κ1) is 12.7. The van der Waals surface area contributed by atoms with E-state index in [0.29, 0.717) is 32.8 Å². The third-order valence-electron chi connectivity index (χ3n) is 2.70. The molecule has 0 bridgehead atoms. The van der Waals surface area contributed by atoms with Crippen molar-refractivity contribution >= 4 is 50.5 Å². The van der Waals surface area contributed by atoms with Crippen molar-refractivity contribution < 1.29 is 0 Å². The molecule has 0 spiro atoms. The first-order valence-corrected chi connectivity index (χ1v) is 6.86. The van der Waals surface area contributed by atoms with Gasteiger partial charge in [0.15, 0.2) is 11.5 Å². The summed E-state index contributed by atoms with van der Waals surface area (Å²) in [5.41, 5.74) is 7.79. The Morgan fingerprint density at radius 3 is 2.74 bits per heavy atom. The topological polar surface area (TPSA) is 56.2 Å². The highest BCUT2D eigenvalue weighted by molar-refractivity contribution is 9.10. The monoisotopic (exact) mass is 356 g/mol. The van der Waals surface area contributed by atoms with E-state index in [1.54, 1.807) is 12.1 Å². The Morgan fingerprint density at radius 2 is 1.95 bits per heavy atom. The predicted octanol–water partition coefficient (Wildman–Crippen LogP) is 4.05. The van der Waals surface area contributed by atoms with E-state index in [4.69, 9.17) is 28.9 Å². The fraction of sp³-hybridized carbons (Fsp3) is 0. The fourth-order valence-corrected chi connectivity index (χ4v) is 2.65. The van der Waals surface area contributed by atoms with Crippen molar-refractivity contribution in [2.75, 3.05) is 5.73 Å². The zero-order valence-corrected chi connectivity index (χ0v) is 12.5. The van der Waals surface area contributed by atoms with Crippen LogP contribution < -0.4 is 5.73 Å². The zero-order valence-electron chi connectivity index (χ0n) is 9.44. The van der Waals surface area contributed by atoms with Gasteiger partial charge in [-0.05, 0) is 40.2 Å². The number of nitrogens with two attached hydrogens (primary N) is 1. The van der Waals surface area contributed by atoms with Crippen LogP contribution in [0, 0.1) is 0 Å². The van der Waals surface area contributed by atoms with E-state index < -0.39 is 0 Å². The molecule has 19 heavy (non-hydrogen) atoms. The van der Waals surface area contributed by atoms with Gasteiger partial charge in [-0.1, -0.05) is 23.2 Å². The maximum absolute atomic E-state index is 6.04. The Kier molecular flexibility index (Phi) is 3.12. The third-order valence-corrected chi connectivity index (χ3v) is 3.70. The number of hydrogen-bond donors (Lipinski definition) is 1. The minimum Gasteiger partial charge on any atom is -0.397 e. The number of fused-ring (bicyclic) bond motifs is 1. The molecule has 4 nitrogen and oxygen atoms in total. The van der Waals surface area contributed by atoms with Gasteiger partial charge in [0.05, 0.1) is 10.7 Å². The number of pyridine rings is 1. The van der Waals surface area contributed by atoms with Crippen LogP contribution in [-0.2, 0) is 0 Å². The number of anilines is 1. The number of hydrogen-bond acceptors (Lipinski definition) is 3. The van der Waals surface area contributed by atoms with Crippen LogP contribution in [0.15, 0.2) is 34.9 Å². The first-order chi connectivity index (χ1) is 9.06. The van der Waals surface area contributed by atoms with Crippen LogP contribution in [0.25, 0.3) is 17.0 Å². The second kappa shape index (κ2) is 4.67. The summed E-state index contributed by atoms with van der Waals surface area (Å²) in [6, 6.07) is 7.06. The molecule has 2 heterocycles. The van der Waals surface area contributed by atoms with Crippen LogP contribution in [0.1, 0.15) is 0 Å². The summed E-state index contributed by atoms with van der Waals surface area (Å²) in [5, 5.41) is 9.13. The molecule has 2 aromatic heterocycles. The maximum atomic E-state index is 6.04.